The molecule has 1 aromatic carbocycles. The maximum absolute atomic E-state index is 13.2. The van der Waals surface area contributed by atoms with E-state index in [1.165, 1.54) is 12.4 Å². The van der Waals surface area contributed by atoms with Crippen LogP contribution in [-0.4, -0.2) is 31.1 Å². The van der Waals surface area contributed by atoms with Gasteiger partial charge in [0.1, 0.15) is 17.9 Å². The molecule has 9 heteroatoms. The number of rotatable bonds is 3. The van der Waals surface area contributed by atoms with Gasteiger partial charge in [-0.3, -0.25) is 4.48 Å². The third-order valence-corrected chi connectivity index (χ3v) is 2.78. The van der Waals surface area contributed by atoms with Gasteiger partial charge in [-0.15, -0.1) is 0 Å². The summed E-state index contributed by atoms with van der Waals surface area (Å²) in [7, 11) is 5.60. The van der Waals surface area contributed by atoms with E-state index in [0.29, 0.717) is 22.4 Å². The minimum Gasteiger partial charge on any atom is -1.00 e. The summed E-state index contributed by atoms with van der Waals surface area (Å²) in [4.78, 5) is 7.91. The van der Waals surface area contributed by atoms with Gasteiger partial charge in [0.15, 0.2) is 0 Å². The molecule has 4 nitrogen and oxygen atoms in total. The highest BCUT2D eigenvalue weighted by atomic mass is 35.5. The summed E-state index contributed by atoms with van der Waals surface area (Å²) >= 11 is 0. The highest BCUT2D eigenvalue weighted by Gasteiger charge is 2.34. The number of benzene rings is 1. The molecule has 0 amide bonds. The molecule has 2 rings (SSSR count). The summed E-state index contributed by atoms with van der Waals surface area (Å²) in [6.07, 6.45) is -3.54. The fourth-order valence-corrected chi connectivity index (χ4v) is 1.66. The predicted molar refractivity (Wildman–Crippen MR) is 73.1 cm³/mol. The number of nitrogens with zero attached hydrogens (tertiary/aromatic N) is 3. The number of alkyl halides is 3. The van der Waals surface area contributed by atoms with Crippen molar-refractivity contribution in [3.8, 4) is 11.6 Å². The molecule has 2 aromatic rings. The van der Waals surface area contributed by atoms with E-state index in [1.807, 2.05) is 21.1 Å². The van der Waals surface area contributed by atoms with Crippen LogP contribution in [0.2, 0.25) is 0 Å². The monoisotopic (exact) mass is 351 g/mol. The zero-order valence-corrected chi connectivity index (χ0v) is 13.3. The Morgan fingerprint density at radius 2 is 1.70 bits per heavy atom. The summed E-state index contributed by atoms with van der Waals surface area (Å²) < 4.78 is 56.9. The molecule has 1 heterocycles. The van der Waals surface area contributed by atoms with E-state index >= 15 is 0 Å². The van der Waals surface area contributed by atoms with Gasteiger partial charge < -0.3 is 17.1 Å². The van der Waals surface area contributed by atoms with E-state index in [-0.39, 0.29) is 24.0 Å². The van der Waals surface area contributed by atoms with Gasteiger partial charge in [-0.25, -0.2) is 9.37 Å². The summed E-state index contributed by atoms with van der Waals surface area (Å²) in [6.45, 7) is 0. The van der Waals surface area contributed by atoms with E-state index in [9.17, 15) is 17.6 Å². The van der Waals surface area contributed by atoms with Crippen LogP contribution in [0.5, 0.6) is 11.6 Å². The quantitative estimate of drug-likeness (QED) is 0.601. The van der Waals surface area contributed by atoms with Crippen molar-refractivity contribution >= 4 is 5.82 Å². The Labute approximate surface area is 136 Å². The molecule has 1 aromatic heterocycles. The van der Waals surface area contributed by atoms with Crippen LogP contribution in [0.25, 0.3) is 0 Å². The smallest absolute Gasteiger partial charge is 0.419 e. The minimum absolute atomic E-state index is 0. The first-order valence-electron chi connectivity index (χ1n) is 6.26. The third-order valence-electron chi connectivity index (χ3n) is 2.78. The van der Waals surface area contributed by atoms with Crippen molar-refractivity contribution in [1.82, 2.24) is 14.5 Å². The zero-order valence-electron chi connectivity index (χ0n) is 12.5. The van der Waals surface area contributed by atoms with Crippen LogP contribution < -0.4 is 21.6 Å². The molecule has 0 radical (unpaired) electrons. The van der Waals surface area contributed by atoms with Crippen LogP contribution in [-0.2, 0) is 6.18 Å². The highest BCUT2D eigenvalue weighted by Crippen LogP contribution is 2.34. The van der Waals surface area contributed by atoms with E-state index in [1.54, 1.807) is 0 Å². The number of aromatic nitrogens is 2. The first-order valence-corrected chi connectivity index (χ1v) is 6.26. The Kier molecular flexibility index (Phi) is 5.55. The Morgan fingerprint density at radius 3 is 2.26 bits per heavy atom. The first-order chi connectivity index (χ1) is 10.1. The Bertz CT molecular complexity index is 686. The lowest BCUT2D eigenvalue weighted by atomic mass is 10.2. The number of hydrogen-bond donors (Lipinski definition) is 0. The van der Waals surface area contributed by atoms with Crippen molar-refractivity contribution < 1.29 is 34.7 Å². The molecule has 126 valence electrons. The van der Waals surface area contributed by atoms with Gasteiger partial charge in [-0.05, 0) is 18.2 Å². The van der Waals surface area contributed by atoms with Gasteiger partial charge in [0, 0.05) is 0 Å². The molecule has 0 atom stereocenters. The average molecular weight is 352 g/mol. The SMILES string of the molecule is C[N+](C)(C)c1cc(Oc2ccc(F)c(C(F)(F)F)c2)ncn1.[Cl-]. The zero-order chi connectivity index (χ0) is 16.5. The molecule has 0 aliphatic carbocycles. The highest BCUT2D eigenvalue weighted by molar-refractivity contribution is 5.38. The van der Waals surface area contributed by atoms with Crippen LogP contribution in [0.4, 0.5) is 23.4 Å². The molecule has 0 saturated heterocycles. The van der Waals surface area contributed by atoms with Gasteiger partial charge in [-0.1, -0.05) is 0 Å². The molecule has 0 N–H and O–H groups in total. The van der Waals surface area contributed by atoms with Crippen LogP contribution in [0.3, 0.4) is 0 Å². The topological polar surface area (TPSA) is 35.0 Å². The van der Waals surface area contributed by atoms with Crippen LogP contribution in [0, 0.1) is 5.82 Å². The number of ether oxygens (including phenoxy) is 1. The minimum atomic E-state index is -4.79. The lowest BCUT2D eigenvalue weighted by molar-refractivity contribution is -0.140. The molecule has 0 fully saturated rings. The summed E-state index contributed by atoms with van der Waals surface area (Å²) in [5, 5.41) is 0. The summed E-state index contributed by atoms with van der Waals surface area (Å²) in [5.41, 5.74) is -1.38. The standard InChI is InChI=1S/C14H14F4N3O.ClH/c1-21(2,3)12-7-13(20-8-19-12)22-9-4-5-11(15)10(6-9)14(16,17)18;/h4-8H,1-3H3;1H/q+1;/p-1. The summed E-state index contributed by atoms with van der Waals surface area (Å²) in [5.74, 6) is -0.810. The first kappa shape index (κ1) is 19.1. The van der Waals surface area contributed by atoms with Crippen molar-refractivity contribution in [2.24, 2.45) is 0 Å². The van der Waals surface area contributed by atoms with E-state index < -0.39 is 17.6 Å². The molecule has 0 aliphatic heterocycles. The Morgan fingerprint density at radius 1 is 1.04 bits per heavy atom. The number of hydrogen-bond acceptors (Lipinski definition) is 3. The van der Waals surface area contributed by atoms with Crippen molar-refractivity contribution in [3.63, 3.8) is 0 Å². The van der Waals surface area contributed by atoms with Gasteiger partial charge in [0.2, 0.25) is 11.7 Å². The molecular formula is C14H14ClF4N3O. The predicted octanol–water partition coefficient (Wildman–Crippen LogP) is 0.627. The maximum atomic E-state index is 13.2. The lowest BCUT2D eigenvalue weighted by Gasteiger charge is -2.21. The van der Waals surface area contributed by atoms with Crippen molar-refractivity contribution in [2.45, 2.75) is 6.18 Å². The molecule has 0 unspecified atom stereocenters. The number of halogens is 5. The summed E-state index contributed by atoms with van der Waals surface area (Å²) in [6, 6.07) is 3.93. The fourth-order valence-electron chi connectivity index (χ4n) is 1.66. The lowest BCUT2D eigenvalue weighted by Crippen LogP contribution is -3.00. The van der Waals surface area contributed by atoms with Crippen molar-refractivity contribution in [1.29, 1.82) is 0 Å². The second-order valence-electron chi connectivity index (χ2n) is 5.47. The largest absolute Gasteiger partial charge is 1.00 e. The fraction of sp³-hybridized carbons (Fsp3) is 0.286. The van der Waals surface area contributed by atoms with Crippen molar-refractivity contribution in [3.05, 3.63) is 42.0 Å². The second-order valence-corrected chi connectivity index (χ2v) is 5.47. The van der Waals surface area contributed by atoms with Gasteiger partial charge >= 0.3 is 6.18 Å². The molecule has 0 spiro atoms. The van der Waals surface area contributed by atoms with Crippen LogP contribution in [0.15, 0.2) is 30.6 Å². The van der Waals surface area contributed by atoms with Crippen LogP contribution in [0.1, 0.15) is 5.56 Å². The molecule has 23 heavy (non-hydrogen) atoms. The molecular weight excluding hydrogens is 338 g/mol. The van der Waals surface area contributed by atoms with E-state index in [4.69, 9.17) is 4.74 Å². The molecule has 0 saturated carbocycles. The Balaban J connectivity index is 0.00000264. The van der Waals surface area contributed by atoms with Gasteiger partial charge in [0.25, 0.3) is 0 Å². The Hall–Kier alpha value is -1.93. The van der Waals surface area contributed by atoms with E-state index in [2.05, 4.69) is 9.97 Å². The maximum Gasteiger partial charge on any atom is 0.419 e. The number of quaternary nitrogens is 1. The van der Waals surface area contributed by atoms with Crippen LogP contribution >= 0.6 is 0 Å². The second kappa shape index (κ2) is 6.67. The van der Waals surface area contributed by atoms with Crippen molar-refractivity contribution in [2.75, 3.05) is 21.1 Å². The van der Waals surface area contributed by atoms with E-state index in [0.717, 1.165) is 6.07 Å². The molecule has 0 bridgehead atoms. The normalized spacial score (nSPS) is 11.8. The molecule has 0 aliphatic rings. The third kappa shape index (κ3) is 4.77. The van der Waals surface area contributed by atoms with Gasteiger partial charge in [0.05, 0.1) is 32.8 Å². The average Bonchev–Trinajstić information content (AvgIpc) is 2.39. The van der Waals surface area contributed by atoms with Gasteiger partial charge in [-0.2, -0.15) is 18.2 Å².